The highest BCUT2D eigenvalue weighted by molar-refractivity contribution is 7.89. The van der Waals surface area contributed by atoms with Gasteiger partial charge in [-0.05, 0) is 37.5 Å². The number of sulfonamides is 1. The molecule has 25 heavy (non-hydrogen) atoms. The number of halogens is 3. The van der Waals surface area contributed by atoms with Crippen LogP contribution in [0.25, 0.3) is 0 Å². The summed E-state index contributed by atoms with van der Waals surface area (Å²) in [5, 5.41) is 0. The van der Waals surface area contributed by atoms with Gasteiger partial charge in [0, 0.05) is 32.2 Å². The van der Waals surface area contributed by atoms with Crippen molar-refractivity contribution in [1.82, 2.24) is 9.21 Å². The second-order valence-electron chi connectivity index (χ2n) is 6.39. The molecule has 4 nitrogen and oxygen atoms in total. The monoisotopic (exact) mass is 374 g/mol. The van der Waals surface area contributed by atoms with Crippen LogP contribution in [-0.4, -0.2) is 49.8 Å². The van der Waals surface area contributed by atoms with E-state index < -0.39 is 21.8 Å². The van der Waals surface area contributed by atoms with Crippen LogP contribution in [-0.2, 0) is 16.2 Å². The lowest BCUT2D eigenvalue weighted by Crippen LogP contribution is -2.51. The van der Waals surface area contributed by atoms with Gasteiger partial charge in [0.1, 0.15) is 0 Å². The van der Waals surface area contributed by atoms with Crippen LogP contribution in [0.5, 0.6) is 0 Å². The second-order valence-corrected chi connectivity index (χ2v) is 8.33. The SMILES string of the molecule is O=S(=O)(c1cccc(C(F)(F)F)c1)N1CCN(C2C=CCCC2)CC1. The molecule has 1 atom stereocenters. The normalized spacial score (nSPS) is 23.7. The number of allylic oxidation sites excluding steroid dienone is 1. The first-order chi connectivity index (χ1) is 11.8. The highest BCUT2D eigenvalue weighted by Crippen LogP contribution is 2.31. The highest BCUT2D eigenvalue weighted by Gasteiger charge is 2.34. The van der Waals surface area contributed by atoms with Gasteiger partial charge in [-0.1, -0.05) is 18.2 Å². The van der Waals surface area contributed by atoms with Gasteiger partial charge in [0.05, 0.1) is 10.5 Å². The Morgan fingerprint density at radius 1 is 1.08 bits per heavy atom. The van der Waals surface area contributed by atoms with E-state index in [9.17, 15) is 21.6 Å². The van der Waals surface area contributed by atoms with Crippen molar-refractivity contribution in [3.8, 4) is 0 Å². The molecule has 0 saturated carbocycles. The van der Waals surface area contributed by atoms with E-state index >= 15 is 0 Å². The molecule has 1 aromatic carbocycles. The molecular weight excluding hydrogens is 353 g/mol. The average molecular weight is 374 g/mol. The molecule has 3 rings (SSSR count). The zero-order valence-electron chi connectivity index (χ0n) is 13.7. The molecule has 0 amide bonds. The van der Waals surface area contributed by atoms with E-state index in [0.717, 1.165) is 31.4 Å². The summed E-state index contributed by atoms with van der Waals surface area (Å²) in [5.41, 5.74) is -0.945. The Hall–Kier alpha value is -1.38. The largest absolute Gasteiger partial charge is 0.416 e. The highest BCUT2D eigenvalue weighted by atomic mass is 32.2. The lowest BCUT2D eigenvalue weighted by atomic mass is 10.0. The zero-order valence-corrected chi connectivity index (χ0v) is 14.6. The standard InChI is InChI=1S/C17H21F3N2O2S/c18-17(19,20)14-5-4-8-16(13-14)25(23,24)22-11-9-21(10-12-22)15-6-2-1-3-7-15/h2,4-6,8,13,15H,1,3,7,9-12H2. The van der Waals surface area contributed by atoms with Crippen LogP contribution in [0.1, 0.15) is 24.8 Å². The van der Waals surface area contributed by atoms with E-state index in [4.69, 9.17) is 0 Å². The Kier molecular flexibility index (Phi) is 5.22. The van der Waals surface area contributed by atoms with Crippen LogP contribution in [0.15, 0.2) is 41.3 Å². The molecule has 1 saturated heterocycles. The Labute approximate surface area is 146 Å². The third-order valence-corrected chi connectivity index (χ3v) is 6.66. The van der Waals surface area contributed by atoms with Crippen LogP contribution in [0.4, 0.5) is 13.2 Å². The molecule has 1 aromatic rings. The molecule has 1 fully saturated rings. The summed E-state index contributed by atoms with van der Waals surface area (Å²) in [6, 6.07) is 4.30. The fourth-order valence-corrected chi connectivity index (χ4v) is 4.82. The maximum absolute atomic E-state index is 12.8. The molecule has 0 radical (unpaired) electrons. The van der Waals surface area contributed by atoms with Crippen molar-refractivity contribution in [1.29, 1.82) is 0 Å². The average Bonchev–Trinajstić information content (AvgIpc) is 2.62. The van der Waals surface area contributed by atoms with Crippen LogP contribution in [0, 0.1) is 0 Å². The van der Waals surface area contributed by atoms with Crippen molar-refractivity contribution in [3.63, 3.8) is 0 Å². The Balaban J connectivity index is 1.72. The minimum Gasteiger partial charge on any atom is -0.294 e. The summed E-state index contributed by atoms with van der Waals surface area (Å²) in [6.07, 6.45) is 3.04. The van der Waals surface area contributed by atoms with Gasteiger partial charge in [-0.25, -0.2) is 8.42 Å². The maximum Gasteiger partial charge on any atom is 0.416 e. The van der Waals surface area contributed by atoms with Gasteiger partial charge in [0.25, 0.3) is 0 Å². The van der Waals surface area contributed by atoms with Crippen LogP contribution < -0.4 is 0 Å². The first kappa shape index (κ1) is 18.4. The summed E-state index contributed by atoms with van der Waals surface area (Å²) in [6.45, 7) is 1.77. The molecule has 0 N–H and O–H groups in total. The smallest absolute Gasteiger partial charge is 0.294 e. The molecule has 1 unspecified atom stereocenters. The summed E-state index contributed by atoms with van der Waals surface area (Å²) >= 11 is 0. The van der Waals surface area contributed by atoms with Gasteiger partial charge in [-0.2, -0.15) is 17.5 Å². The van der Waals surface area contributed by atoms with Crippen molar-refractivity contribution in [2.45, 2.75) is 36.4 Å². The van der Waals surface area contributed by atoms with Crippen LogP contribution in [0.2, 0.25) is 0 Å². The van der Waals surface area contributed by atoms with Gasteiger partial charge in [0.15, 0.2) is 0 Å². The van der Waals surface area contributed by atoms with Gasteiger partial charge < -0.3 is 0 Å². The molecule has 1 heterocycles. The second kappa shape index (κ2) is 7.09. The Bertz CT molecular complexity index is 739. The number of piperazine rings is 1. The molecule has 0 spiro atoms. The van der Waals surface area contributed by atoms with Crippen molar-refractivity contribution < 1.29 is 21.6 Å². The fraction of sp³-hybridized carbons (Fsp3) is 0.529. The first-order valence-electron chi connectivity index (χ1n) is 8.36. The number of benzene rings is 1. The third-order valence-electron chi connectivity index (χ3n) is 4.77. The van der Waals surface area contributed by atoms with Crippen LogP contribution in [0.3, 0.4) is 0 Å². The van der Waals surface area contributed by atoms with Gasteiger partial charge >= 0.3 is 6.18 Å². The van der Waals surface area contributed by atoms with Crippen molar-refractivity contribution >= 4 is 10.0 Å². The molecular formula is C17H21F3N2O2S. The first-order valence-corrected chi connectivity index (χ1v) is 9.80. The number of nitrogens with zero attached hydrogens (tertiary/aromatic N) is 2. The minimum atomic E-state index is -4.56. The number of hydrogen-bond acceptors (Lipinski definition) is 3. The lowest BCUT2D eigenvalue weighted by molar-refractivity contribution is -0.137. The molecule has 1 aliphatic carbocycles. The molecule has 138 valence electrons. The quantitative estimate of drug-likeness (QED) is 0.764. The Morgan fingerprint density at radius 3 is 2.40 bits per heavy atom. The van der Waals surface area contributed by atoms with E-state index in [1.165, 1.54) is 10.4 Å². The third kappa shape index (κ3) is 4.07. The van der Waals surface area contributed by atoms with E-state index in [2.05, 4.69) is 17.1 Å². The molecule has 0 bridgehead atoms. The molecule has 8 heteroatoms. The molecule has 1 aliphatic heterocycles. The fourth-order valence-electron chi connectivity index (χ4n) is 3.36. The zero-order chi connectivity index (χ0) is 18.1. The van der Waals surface area contributed by atoms with E-state index in [0.29, 0.717) is 38.3 Å². The maximum atomic E-state index is 12.8. The van der Waals surface area contributed by atoms with E-state index in [1.807, 2.05) is 0 Å². The van der Waals surface area contributed by atoms with Crippen LogP contribution >= 0.6 is 0 Å². The van der Waals surface area contributed by atoms with E-state index in [-0.39, 0.29) is 4.90 Å². The molecule has 2 aliphatic rings. The lowest BCUT2D eigenvalue weighted by Gasteiger charge is -2.38. The summed E-state index contributed by atoms with van der Waals surface area (Å²) in [4.78, 5) is 1.95. The van der Waals surface area contributed by atoms with Crippen molar-refractivity contribution in [2.24, 2.45) is 0 Å². The van der Waals surface area contributed by atoms with Gasteiger partial charge in [0.2, 0.25) is 10.0 Å². The topological polar surface area (TPSA) is 40.6 Å². The summed E-state index contributed by atoms with van der Waals surface area (Å²) in [5.74, 6) is 0. The minimum absolute atomic E-state index is 0.295. The summed E-state index contributed by atoms with van der Waals surface area (Å²) < 4.78 is 65.1. The van der Waals surface area contributed by atoms with Crippen molar-refractivity contribution in [3.05, 3.63) is 42.0 Å². The summed E-state index contributed by atoms with van der Waals surface area (Å²) in [7, 11) is -3.91. The van der Waals surface area contributed by atoms with Gasteiger partial charge in [-0.3, -0.25) is 4.90 Å². The van der Waals surface area contributed by atoms with Gasteiger partial charge in [-0.15, -0.1) is 0 Å². The predicted molar refractivity (Wildman–Crippen MR) is 88.6 cm³/mol. The van der Waals surface area contributed by atoms with E-state index in [1.54, 1.807) is 0 Å². The number of hydrogen-bond donors (Lipinski definition) is 0. The number of rotatable bonds is 3. The Morgan fingerprint density at radius 2 is 1.80 bits per heavy atom. The number of alkyl halides is 3. The molecule has 0 aromatic heterocycles. The predicted octanol–water partition coefficient (Wildman–Crippen LogP) is 3.12. The van der Waals surface area contributed by atoms with Crippen molar-refractivity contribution in [2.75, 3.05) is 26.2 Å².